The molecule has 0 spiro atoms. The molecule has 5 rings (SSSR count). The van der Waals surface area contributed by atoms with E-state index in [-0.39, 0.29) is 11.3 Å². The first-order chi connectivity index (χ1) is 18.3. The second-order valence-electron chi connectivity index (χ2n) is 9.56. The van der Waals surface area contributed by atoms with E-state index in [1.807, 2.05) is 51.1 Å². The van der Waals surface area contributed by atoms with Crippen LogP contribution < -0.4 is 9.64 Å². The van der Waals surface area contributed by atoms with E-state index in [2.05, 4.69) is 13.0 Å². The van der Waals surface area contributed by atoms with Crippen LogP contribution in [0.5, 0.6) is 5.75 Å². The minimum Gasteiger partial charge on any atom is -0.507 e. The molecule has 1 N–H and O–H groups in total. The number of thiazole rings is 1. The maximum Gasteiger partial charge on any atom is 0.301 e. The first-order valence-corrected chi connectivity index (χ1v) is 13.6. The second-order valence-corrected chi connectivity index (χ2v) is 10.6. The van der Waals surface area contributed by atoms with E-state index < -0.39 is 17.7 Å². The molecule has 0 radical (unpaired) electrons. The molecule has 2 heterocycles. The smallest absolute Gasteiger partial charge is 0.301 e. The minimum atomic E-state index is -0.807. The maximum atomic E-state index is 13.5. The molecule has 1 aromatic heterocycles. The molecule has 1 unspecified atom stereocenters. The number of benzene rings is 3. The van der Waals surface area contributed by atoms with Crippen molar-refractivity contribution in [2.24, 2.45) is 0 Å². The van der Waals surface area contributed by atoms with Crippen LogP contribution in [0.2, 0.25) is 0 Å². The average molecular weight is 527 g/mol. The summed E-state index contributed by atoms with van der Waals surface area (Å²) >= 11 is 1.37. The standard InChI is InChI=1S/C31H30N2O4S/c1-5-15-37-23-13-11-22(12-14-23)28(34)25-27(21-9-7-20(6-2)8-10-21)33(30(36)29(25)35)31-32-26-19(4)16-18(3)17-24(26)38-31/h7-14,16-17,27,34H,5-6,15H2,1-4H3. The Balaban J connectivity index is 1.66. The summed E-state index contributed by atoms with van der Waals surface area (Å²) in [6.45, 7) is 8.69. The number of nitrogens with zero attached hydrogens (tertiary/aromatic N) is 2. The van der Waals surface area contributed by atoms with Gasteiger partial charge in [-0.3, -0.25) is 14.5 Å². The molecule has 0 saturated carbocycles. The van der Waals surface area contributed by atoms with Crippen LogP contribution in [0.4, 0.5) is 5.13 Å². The summed E-state index contributed by atoms with van der Waals surface area (Å²) in [7, 11) is 0. The van der Waals surface area contributed by atoms with Gasteiger partial charge in [0.1, 0.15) is 11.5 Å². The highest BCUT2D eigenvalue weighted by Gasteiger charge is 2.48. The molecule has 1 saturated heterocycles. The Morgan fingerprint density at radius 2 is 1.74 bits per heavy atom. The average Bonchev–Trinajstić information content (AvgIpc) is 3.46. The second kappa shape index (κ2) is 10.4. The van der Waals surface area contributed by atoms with Crippen LogP contribution in [0.15, 0.2) is 66.2 Å². The SMILES string of the molecule is CCCOc1ccc(C(O)=C2C(=O)C(=O)N(c3nc4c(C)cc(C)cc4s3)C2c2ccc(CC)cc2)cc1. The number of fused-ring (bicyclic) bond motifs is 1. The number of carbonyl (C=O) groups is 2. The van der Waals surface area contributed by atoms with E-state index in [1.165, 1.54) is 16.2 Å². The summed E-state index contributed by atoms with van der Waals surface area (Å²) in [5.74, 6) is -0.973. The quantitative estimate of drug-likeness (QED) is 0.161. The number of ether oxygens (including phenoxy) is 1. The number of ketones is 1. The van der Waals surface area contributed by atoms with Gasteiger partial charge in [0, 0.05) is 5.56 Å². The Labute approximate surface area is 226 Å². The van der Waals surface area contributed by atoms with Gasteiger partial charge in [0.05, 0.1) is 28.4 Å². The fourth-order valence-electron chi connectivity index (χ4n) is 4.83. The number of Topliss-reactive ketones (excluding diaryl/α,β-unsaturated/α-hetero) is 1. The van der Waals surface area contributed by atoms with Crippen molar-refractivity contribution in [1.82, 2.24) is 4.98 Å². The zero-order chi connectivity index (χ0) is 27.0. The van der Waals surface area contributed by atoms with Gasteiger partial charge in [0.15, 0.2) is 5.13 Å². The lowest BCUT2D eigenvalue weighted by molar-refractivity contribution is -0.132. The molecule has 0 aliphatic carbocycles. The molecule has 1 amide bonds. The summed E-state index contributed by atoms with van der Waals surface area (Å²) in [5, 5.41) is 11.8. The Morgan fingerprint density at radius 1 is 1.03 bits per heavy atom. The van der Waals surface area contributed by atoms with E-state index in [9.17, 15) is 14.7 Å². The molecular weight excluding hydrogens is 496 g/mol. The van der Waals surface area contributed by atoms with Crippen molar-refractivity contribution in [3.8, 4) is 5.75 Å². The molecule has 194 valence electrons. The van der Waals surface area contributed by atoms with Gasteiger partial charge in [-0.05, 0) is 79.3 Å². The van der Waals surface area contributed by atoms with E-state index in [0.717, 1.165) is 45.3 Å². The van der Waals surface area contributed by atoms with Crippen molar-refractivity contribution in [1.29, 1.82) is 0 Å². The highest BCUT2D eigenvalue weighted by Crippen LogP contribution is 2.44. The summed E-state index contributed by atoms with van der Waals surface area (Å²) in [6.07, 6.45) is 1.75. The van der Waals surface area contributed by atoms with E-state index in [0.29, 0.717) is 23.1 Å². The number of amides is 1. The Kier molecular flexibility index (Phi) is 7.04. The van der Waals surface area contributed by atoms with Crippen molar-refractivity contribution in [2.75, 3.05) is 11.5 Å². The highest BCUT2D eigenvalue weighted by molar-refractivity contribution is 7.22. The molecule has 1 aliphatic rings. The fourth-order valence-corrected chi connectivity index (χ4v) is 6.00. The van der Waals surface area contributed by atoms with Crippen molar-refractivity contribution >= 4 is 44.1 Å². The van der Waals surface area contributed by atoms with Gasteiger partial charge in [-0.1, -0.05) is 55.5 Å². The Morgan fingerprint density at radius 3 is 2.39 bits per heavy atom. The van der Waals surface area contributed by atoms with Gasteiger partial charge in [-0.15, -0.1) is 0 Å². The third kappa shape index (κ3) is 4.58. The Hall–Kier alpha value is -3.97. The molecule has 1 fully saturated rings. The lowest BCUT2D eigenvalue weighted by atomic mass is 9.94. The third-order valence-corrected chi connectivity index (χ3v) is 7.78. The summed E-state index contributed by atoms with van der Waals surface area (Å²) in [4.78, 5) is 33.3. The Bertz CT molecular complexity index is 1550. The van der Waals surface area contributed by atoms with Gasteiger partial charge >= 0.3 is 5.91 Å². The van der Waals surface area contributed by atoms with Crippen LogP contribution in [0.3, 0.4) is 0 Å². The number of aromatic nitrogens is 1. The number of carbonyl (C=O) groups excluding carboxylic acids is 2. The van der Waals surface area contributed by atoms with Gasteiger partial charge < -0.3 is 9.84 Å². The number of anilines is 1. The van der Waals surface area contributed by atoms with Crippen LogP contribution in [0.25, 0.3) is 16.0 Å². The first kappa shape index (κ1) is 25.7. The van der Waals surface area contributed by atoms with Crippen LogP contribution in [-0.2, 0) is 16.0 Å². The predicted molar refractivity (Wildman–Crippen MR) is 152 cm³/mol. The lowest BCUT2D eigenvalue weighted by Crippen LogP contribution is -2.29. The molecule has 0 bridgehead atoms. The molecule has 6 nitrogen and oxygen atoms in total. The van der Waals surface area contributed by atoms with Crippen LogP contribution in [-0.4, -0.2) is 28.4 Å². The van der Waals surface area contributed by atoms with Gasteiger partial charge in [0.25, 0.3) is 5.78 Å². The normalized spacial score (nSPS) is 16.9. The van der Waals surface area contributed by atoms with E-state index in [4.69, 9.17) is 9.72 Å². The molecular formula is C31H30N2O4S. The first-order valence-electron chi connectivity index (χ1n) is 12.8. The highest BCUT2D eigenvalue weighted by atomic mass is 32.1. The zero-order valence-corrected chi connectivity index (χ0v) is 22.8. The molecule has 1 aliphatic heterocycles. The van der Waals surface area contributed by atoms with Gasteiger partial charge in [0.2, 0.25) is 0 Å². The van der Waals surface area contributed by atoms with Gasteiger partial charge in [-0.25, -0.2) is 4.98 Å². The van der Waals surface area contributed by atoms with Crippen molar-refractivity contribution in [2.45, 2.75) is 46.6 Å². The largest absolute Gasteiger partial charge is 0.507 e. The monoisotopic (exact) mass is 526 g/mol. The molecule has 7 heteroatoms. The molecule has 38 heavy (non-hydrogen) atoms. The lowest BCUT2D eigenvalue weighted by Gasteiger charge is -2.23. The number of aliphatic hydroxyl groups excluding tert-OH is 1. The summed E-state index contributed by atoms with van der Waals surface area (Å²) in [5.41, 5.74) is 5.28. The number of aliphatic hydroxyl groups is 1. The van der Waals surface area contributed by atoms with Gasteiger partial charge in [-0.2, -0.15) is 0 Å². The maximum absolute atomic E-state index is 13.5. The fraction of sp³-hybridized carbons (Fsp3) is 0.258. The molecule has 4 aromatic rings. The van der Waals surface area contributed by atoms with Crippen molar-refractivity contribution in [3.63, 3.8) is 0 Å². The number of hydrogen-bond acceptors (Lipinski definition) is 6. The van der Waals surface area contributed by atoms with Crippen LogP contribution in [0, 0.1) is 13.8 Å². The van der Waals surface area contributed by atoms with Crippen LogP contribution >= 0.6 is 11.3 Å². The summed E-state index contributed by atoms with van der Waals surface area (Å²) in [6, 6.07) is 18.0. The zero-order valence-electron chi connectivity index (χ0n) is 21.9. The van der Waals surface area contributed by atoms with Crippen molar-refractivity contribution in [3.05, 3.63) is 94.1 Å². The number of rotatable bonds is 7. The minimum absolute atomic E-state index is 0.0497. The predicted octanol–water partition coefficient (Wildman–Crippen LogP) is 6.89. The molecule has 1 atom stereocenters. The molecule has 3 aromatic carbocycles. The van der Waals surface area contributed by atoms with E-state index in [1.54, 1.807) is 24.3 Å². The van der Waals surface area contributed by atoms with E-state index >= 15 is 0 Å². The third-order valence-electron chi connectivity index (χ3n) is 6.77. The van der Waals surface area contributed by atoms with Crippen LogP contribution in [0.1, 0.15) is 54.1 Å². The summed E-state index contributed by atoms with van der Waals surface area (Å²) < 4.78 is 6.60. The topological polar surface area (TPSA) is 79.7 Å². The number of hydrogen-bond donors (Lipinski definition) is 1. The number of aryl methyl sites for hydroxylation is 3. The van der Waals surface area contributed by atoms with Crippen molar-refractivity contribution < 1.29 is 19.4 Å².